The number of halogens is 2. The van der Waals surface area contributed by atoms with Crippen LogP contribution in [0.2, 0.25) is 0 Å². The van der Waals surface area contributed by atoms with Gasteiger partial charge in [0.1, 0.15) is 0 Å². The monoisotopic (exact) mass is 276 g/mol. The highest BCUT2D eigenvalue weighted by Gasteiger charge is 2.26. The first-order valence-corrected chi connectivity index (χ1v) is 5.71. The van der Waals surface area contributed by atoms with E-state index in [1.807, 2.05) is 24.3 Å². The zero-order valence-corrected chi connectivity index (χ0v) is 9.79. The van der Waals surface area contributed by atoms with Gasteiger partial charge in [0.15, 0.2) is 6.29 Å². The molecule has 0 bridgehead atoms. The second-order valence-corrected chi connectivity index (χ2v) is 4.36. The van der Waals surface area contributed by atoms with Crippen LogP contribution in [-0.2, 0) is 9.47 Å². The number of benzene rings is 1. The fourth-order valence-corrected chi connectivity index (χ4v) is 1.94. The molecule has 2 unspecified atom stereocenters. The van der Waals surface area contributed by atoms with E-state index in [0.29, 0.717) is 12.5 Å². The summed E-state index contributed by atoms with van der Waals surface area (Å²) in [6.07, 6.45) is -0.253. The molecule has 0 saturated carbocycles. The van der Waals surface area contributed by atoms with E-state index < -0.39 is 0 Å². The lowest BCUT2D eigenvalue weighted by Gasteiger charge is -2.10. The van der Waals surface area contributed by atoms with Gasteiger partial charge in [-0.1, -0.05) is 28.1 Å². The second kappa shape index (κ2) is 4.62. The van der Waals surface area contributed by atoms with E-state index in [4.69, 9.17) is 21.1 Å². The fourth-order valence-electron chi connectivity index (χ4n) is 1.36. The van der Waals surface area contributed by atoms with Crippen LogP contribution in [0.4, 0.5) is 0 Å². The number of alkyl halides is 1. The largest absolute Gasteiger partial charge is 0.346 e. The number of hydrogen-bond acceptors (Lipinski definition) is 2. The normalized spacial score (nSPS) is 26.7. The SMILES string of the molecule is ClCC1COC(c2cccc(Br)c2)O1. The van der Waals surface area contributed by atoms with Gasteiger partial charge in [-0.15, -0.1) is 11.6 Å². The van der Waals surface area contributed by atoms with Gasteiger partial charge in [-0.05, 0) is 12.1 Å². The molecule has 0 spiro atoms. The van der Waals surface area contributed by atoms with Crippen molar-refractivity contribution in [3.63, 3.8) is 0 Å². The topological polar surface area (TPSA) is 18.5 Å². The molecule has 2 atom stereocenters. The Morgan fingerprint density at radius 3 is 3.00 bits per heavy atom. The number of hydrogen-bond donors (Lipinski definition) is 0. The third kappa shape index (κ3) is 2.28. The number of rotatable bonds is 2. The van der Waals surface area contributed by atoms with E-state index in [0.717, 1.165) is 10.0 Å². The lowest BCUT2D eigenvalue weighted by Crippen LogP contribution is -2.10. The van der Waals surface area contributed by atoms with Gasteiger partial charge in [-0.3, -0.25) is 0 Å². The van der Waals surface area contributed by atoms with Crippen LogP contribution in [0.15, 0.2) is 28.7 Å². The zero-order chi connectivity index (χ0) is 9.97. The molecule has 1 heterocycles. The summed E-state index contributed by atoms with van der Waals surface area (Å²) in [4.78, 5) is 0. The molecule has 1 fully saturated rings. The smallest absolute Gasteiger partial charge is 0.184 e. The summed E-state index contributed by atoms with van der Waals surface area (Å²) < 4.78 is 12.1. The molecule has 1 aliphatic rings. The third-order valence-electron chi connectivity index (χ3n) is 2.04. The van der Waals surface area contributed by atoms with Crippen LogP contribution in [0.1, 0.15) is 11.9 Å². The van der Waals surface area contributed by atoms with Crippen LogP contribution >= 0.6 is 27.5 Å². The maximum Gasteiger partial charge on any atom is 0.184 e. The second-order valence-electron chi connectivity index (χ2n) is 3.13. The van der Waals surface area contributed by atoms with E-state index in [1.165, 1.54) is 0 Å². The highest BCUT2D eigenvalue weighted by atomic mass is 79.9. The van der Waals surface area contributed by atoms with Crippen molar-refractivity contribution in [1.82, 2.24) is 0 Å². The van der Waals surface area contributed by atoms with Crippen molar-refractivity contribution in [3.8, 4) is 0 Å². The Morgan fingerprint density at radius 2 is 2.36 bits per heavy atom. The summed E-state index contributed by atoms with van der Waals surface area (Å²) in [5.41, 5.74) is 1.02. The summed E-state index contributed by atoms with van der Waals surface area (Å²) in [5.74, 6) is 0.477. The molecule has 0 radical (unpaired) electrons. The quantitative estimate of drug-likeness (QED) is 0.773. The first kappa shape index (κ1) is 10.4. The maximum atomic E-state index is 5.68. The predicted octanol–water partition coefficient (Wildman–Crippen LogP) is 3.10. The van der Waals surface area contributed by atoms with Crippen LogP contribution in [0.3, 0.4) is 0 Å². The Balaban J connectivity index is 2.09. The maximum absolute atomic E-state index is 5.68. The van der Waals surface area contributed by atoms with Crippen LogP contribution in [0.25, 0.3) is 0 Å². The average molecular weight is 278 g/mol. The molecule has 0 aliphatic carbocycles. The lowest BCUT2D eigenvalue weighted by molar-refractivity contribution is -0.0567. The highest BCUT2D eigenvalue weighted by molar-refractivity contribution is 9.10. The van der Waals surface area contributed by atoms with Gasteiger partial charge in [0.25, 0.3) is 0 Å². The minimum atomic E-state index is -0.267. The summed E-state index contributed by atoms with van der Waals surface area (Å²) in [6, 6.07) is 7.89. The summed E-state index contributed by atoms with van der Waals surface area (Å²) in [6.45, 7) is 0.570. The van der Waals surface area contributed by atoms with E-state index >= 15 is 0 Å². The van der Waals surface area contributed by atoms with Gasteiger partial charge in [-0.2, -0.15) is 0 Å². The van der Waals surface area contributed by atoms with Crippen molar-refractivity contribution in [2.24, 2.45) is 0 Å². The Labute approximate surface area is 96.3 Å². The van der Waals surface area contributed by atoms with Crippen LogP contribution in [-0.4, -0.2) is 18.6 Å². The summed E-state index contributed by atoms with van der Waals surface area (Å²) >= 11 is 9.08. The van der Waals surface area contributed by atoms with E-state index in [9.17, 15) is 0 Å². The molecule has 2 rings (SSSR count). The van der Waals surface area contributed by atoms with Gasteiger partial charge in [0, 0.05) is 10.0 Å². The third-order valence-corrected chi connectivity index (χ3v) is 2.88. The lowest BCUT2D eigenvalue weighted by atomic mass is 10.2. The van der Waals surface area contributed by atoms with Crippen LogP contribution in [0.5, 0.6) is 0 Å². The summed E-state index contributed by atoms with van der Waals surface area (Å²) in [7, 11) is 0. The Hall–Kier alpha value is -0.0900. The molecule has 1 aromatic carbocycles. The molecule has 0 N–H and O–H groups in total. The molecule has 0 aromatic heterocycles. The molecule has 1 aliphatic heterocycles. The van der Waals surface area contributed by atoms with Gasteiger partial charge in [0.2, 0.25) is 0 Å². The summed E-state index contributed by atoms with van der Waals surface area (Å²) in [5, 5.41) is 0. The van der Waals surface area contributed by atoms with Crippen LogP contribution < -0.4 is 0 Å². The van der Waals surface area contributed by atoms with Crippen molar-refractivity contribution < 1.29 is 9.47 Å². The Kier molecular flexibility index (Phi) is 3.44. The molecule has 0 amide bonds. The van der Waals surface area contributed by atoms with E-state index in [2.05, 4.69) is 15.9 Å². The van der Waals surface area contributed by atoms with E-state index in [-0.39, 0.29) is 12.4 Å². The number of ether oxygens (including phenoxy) is 2. The van der Waals surface area contributed by atoms with Crippen LogP contribution in [0, 0.1) is 0 Å². The molecule has 76 valence electrons. The Morgan fingerprint density at radius 1 is 1.50 bits per heavy atom. The molecular weight excluding hydrogens is 267 g/mol. The fraction of sp³-hybridized carbons (Fsp3) is 0.400. The first-order chi connectivity index (χ1) is 6.79. The molecule has 2 nitrogen and oxygen atoms in total. The molecule has 1 aromatic rings. The van der Waals surface area contributed by atoms with Gasteiger partial charge in [0.05, 0.1) is 18.6 Å². The van der Waals surface area contributed by atoms with Crippen molar-refractivity contribution in [2.45, 2.75) is 12.4 Å². The van der Waals surface area contributed by atoms with Crippen molar-refractivity contribution in [1.29, 1.82) is 0 Å². The minimum Gasteiger partial charge on any atom is -0.346 e. The van der Waals surface area contributed by atoms with Crippen molar-refractivity contribution >= 4 is 27.5 Å². The molecule has 4 heteroatoms. The minimum absolute atomic E-state index is 0.0145. The molecule has 1 saturated heterocycles. The van der Waals surface area contributed by atoms with Gasteiger partial charge in [-0.25, -0.2) is 0 Å². The average Bonchev–Trinajstić information content (AvgIpc) is 2.66. The first-order valence-electron chi connectivity index (χ1n) is 4.38. The zero-order valence-electron chi connectivity index (χ0n) is 7.45. The van der Waals surface area contributed by atoms with Gasteiger partial charge < -0.3 is 9.47 Å². The highest BCUT2D eigenvalue weighted by Crippen LogP contribution is 2.28. The van der Waals surface area contributed by atoms with Crippen molar-refractivity contribution in [3.05, 3.63) is 34.3 Å². The molecule has 14 heavy (non-hydrogen) atoms. The molecular formula is C10H10BrClO2. The Bertz CT molecular complexity index is 319. The van der Waals surface area contributed by atoms with Crippen molar-refractivity contribution in [2.75, 3.05) is 12.5 Å². The standard InChI is InChI=1S/C10H10BrClO2/c11-8-3-1-2-7(4-8)10-13-6-9(5-12)14-10/h1-4,9-10H,5-6H2. The van der Waals surface area contributed by atoms with Gasteiger partial charge >= 0.3 is 0 Å². The van der Waals surface area contributed by atoms with E-state index in [1.54, 1.807) is 0 Å². The predicted molar refractivity (Wildman–Crippen MR) is 58.4 cm³/mol.